The summed E-state index contributed by atoms with van der Waals surface area (Å²) in [4.78, 5) is 41.3. The summed E-state index contributed by atoms with van der Waals surface area (Å²) in [6.07, 6.45) is 3.43. The van der Waals surface area contributed by atoms with Gasteiger partial charge in [0.15, 0.2) is 5.03 Å². The first kappa shape index (κ1) is 33.2. The number of carbonyl (C=O) groups is 2. The van der Waals surface area contributed by atoms with E-state index in [1.807, 2.05) is 24.3 Å². The Morgan fingerprint density at radius 2 is 1.91 bits per heavy atom. The van der Waals surface area contributed by atoms with Crippen LogP contribution in [0, 0.1) is 33.3 Å². The summed E-state index contributed by atoms with van der Waals surface area (Å²) >= 11 is 3.40. The van der Waals surface area contributed by atoms with E-state index in [2.05, 4.69) is 66.2 Å². The lowest BCUT2D eigenvalue weighted by atomic mass is 9.43. The molecule has 2 amide bonds. The van der Waals surface area contributed by atoms with Crippen molar-refractivity contribution in [3.05, 3.63) is 44.4 Å². The fraction of sp³-hybridized carbons (Fsp3) is 0.690. The fourth-order valence-electron chi connectivity index (χ4n) is 7.03. The van der Waals surface area contributed by atoms with E-state index in [0.717, 1.165) is 22.9 Å². The van der Waals surface area contributed by atoms with E-state index in [4.69, 9.17) is 15.0 Å². The van der Waals surface area contributed by atoms with Crippen LogP contribution in [0.25, 0.3) is 0 Å². The van der Waals surface area contributed by atoms with Gasteiger partial charge in [0.2, 0.25) is 11.8 Å². The predicted molar refractivity (Wildman–Crippen MR) is 167 cm³/mol. The molecule has 1 saturated heterocycles. The molecule has 5 N–H and O–H groups in total. The number of hydrogen-bond acceptors (Lipinski definition) is 7. The number of nitrogens with one attached hydrogen (secondary N) is 3. The Hall–Kier alpha value is -2.71. The monoisotopic (exact) mass is 662 g/mol. The maximum absolute atomic E-state index is 13.8. The highest BCUT2D eigenvalue weighted by molar-refractivity contribution is 9.10. The van der Waals surface area contributed by atoms with Gasteiger partial charge in [-0.05, 0) is 79.9 Å². The zero-order valence-electron chi connectivity index (χ0n) is 25.6. The van der Waals surface area contributed by atoms with Crippen LogP contribution in [-0.4, -0.2) is 60.2 Å². The molecule has 0 unspecified atom stereocenters. The van der Waals surface area contributed by atoms with Crippen molar-refractivity contribution in [2.45, 2.75) is 96.8 Å². The molecule has 0 spiro atoms. The summed E-state index contributed by atoms with van der Waals surface area (Å²) in [5.41, 5.74) is 7.92. The second-order valence-corrected chi connectivity index (χ2v) is 14.2. The summed E-state index contributed by atoms with van der Waals surface area (Å²) in [7, 11) is -0.590. The van der Waals surface area contributed by atoms with Gasteiger partial charge in [0, 0.05) is 11.0 Å². The number of amides is 2. The number of hydrazine groups is 1. The van der Waals surface area contributed by atoms with Crippen LogP contribution in [0.2, 0.25) is 0 Å². The number of aliphatic imine (C=N–C) groups is 1. The van der Waals surface area contributed by atoms with Gasteiger partial charge in [-0.15, -0.1) is 0 Å². The third-order valence-corrected chi connectivity index (χ3v) is 9.95. The molecule has 43 heavy (non-hydrogen) atoms. The van der Waals surface area contributed by atoms with Crippen LogP contribution < -0.4 is 21.8 Å². The van der Waals surface area contributed by atoms with Crippen molar-refractivity contribution in [1.29, 1.82) is 0 Å². The van der Waals surface area contributed by atoms with E-state index in [9.17, 15) is 19.7 Å². The van der Waals surface area contributed by atoms with E-state index in [1.54, 1.807) is 5.43 Å². The normalized spacial score (nSPS) is 27.1. The van der Waals surface area contributed by atoms with Crippen LogP contribution in [0.15, 0.2) is 33.7 Å². The maximum Gasteiger partial charge on any atom is 0.481 e. The fourth-order valence-corrected chi connectivity index (χ4v) is 7.29. The molecule has 4 aliphatic rings. The average Bonchev–Trinajstić information content (AvgIpc) is 3.27. The third-order valence-electron chi connectivity index (χ3n) is 9.42. The molecule has 236 valence electrons. The van der Waals surface area contributed by atoms with Gasteiger partial charge in [-0.3, -0.25) is 9.59 Å². The molecule has 1 aromatic rings. The van der Waals surface area contributed by atoms with Crippen LogP contribution in [0.3, 0.4) is 0 Å². The molecule has 2 bridgehead atoms. The molecule has 3 saturated carbocycles. The second kappa shape index (κ2) is 13.5. The molecular formula is C29H44BBrN6O6. The Labute approximate surface area is 262 Å². The highest BCUT2D eigenvalue weighted by Gasteiger charge is 2.68. The van der Waals surface area contributed by atoms with Crippen molar-refractivity contribution in [1.82, 2.24) is 16.1 Å². The second-order valence-electron chi connectivity index (χ2n) is 13.3. The Morgan fingerprint density at radius 1 is 1.21 bits per heavy atom. The number of benzene rings is 1. The van der Waals surface area contributed by atoms with Crippen LogP contribution in [-0.2, 0) is 25.3 Å². The Bertz CT molecular complexity index is 1220. The van der Waals surface area contributed by atoms with Gasteiger partial charge < -0.3 is 25.7 Å². The molecule has 3 aliphatic carbocycles. The lowest BCUT2D eigenvalue weighted by Crippen LogP contribution is -2.65. The molecule has 6 atom stereocenters. The minimum atomic E-state index is -0.858. The highest BCUT2D eigenvalue weighted by atomic mass is 79.9. The number of nitrogens with two attached hydrogens (primary N) is 1. The standard InChI is InChI=1S/C29H44BBrN6O6/c1-17(2)13-24(30-42-23-16-19-15-22(28(19,3)4)29(23,5)43-30)35-26(39)21(7-6-12-33-27(32)36-37(40)41)34-25(38)14-18-8-10-20(31)11-9-18/h8-11,17,19,21-24H,6-7,12-16H2,1-5H3,(H,34,38)(H,35,39)(H3,32,33,36)/t19-,21-,22-,23+,24-,29-/m0/s1. The Morgan fingerprint density at radius 3 is 2.53 bits per heavy atom. The van der Waals surface area contributed by atoms with Crippen molar-refractivity contribution in [3.8, 4) is 0 Å². The summed E-state index contributed by atoms with van der Waals surface area (Å²) in [6.45, 7) is 11.1. The van der Waals surface area contributed by atoms with Gasteiger partial charge in [-0.25, -0.2) is 15.1 Å². The molecule has 12 nitrogen and oxygen atoms in total. The van der Waals surface area contributed by atoms with Crippen molar-refractivity contribution in [2.75, 3.05) is 6.54 Å². The van der Waals surface area contributed by atoms with Crippen molar-refractivity contribution >= 4 is 40.8 Å². The minimum Gasteiger partial charge on any atom is -0.404 e. The van der Waals surface area contributed by atoms with Crippen LogP contribution in [0.1, 0.15) is 72.3 Å². The van der Waals surface area contributed by atoms with Gasteiger partial charge >= 0.3 is 7.12 Å². The first-order valence-corrected chi connectivity index (χ1v) is 15.9. The molecule has 5 rings (SSSR count). The van der Waals surface area contributed by atoms with Gasteiger partial charge in [0.05, 0.1) is 24.1 Å². The smallest absolute Gasteiger partial charge is 0.404 e. The molecular weight excluding hydrogens is 619 g/mol. The molecule has 1 heterocycles. The molecule has 14 heteroatoms. The van der Waals surface area contributed by atoms with Crippen LogP contribution in [0.5, 0.6) is 0 Å². The molecule has 1 aliphatic heterocycles. The molecule has 1 aromatic carbocycles. The number of hydrogen-bond donors (Lipinski definition) is 4. The Kier molecular flexibility index (Phi) is 10.4. The first-order valence-electron chi connectivity index (χ1n) is 15.1. The van der Waals surface area contributed by atoms with E-state index < -0.39 is 29.7 Å². The van der Waals surface area contributed by atoms with Gasteiger partial charge in [-0.2, -0.15) is 0 Å². The number of halogens is 1. The number of nitrogens with zero attached hydrogens (tertiary/aromatic N) is 2. The number of nitro groups is 1. The lowest BCUT2D eigenvalue weighted by Gasteiger charge is -2.64. The quantitative estimate of drug-likeness (QED) is 0.0623. The first-order chi connectivity index (χ1) is 20.2. The van der Waals surface area contributed by atoms with E-state index in [1.165, 1.54) is 0 Å². The van der Waals surface area contributed by atoms with Crippen LogP contribution >= 0.6 is 15.9 Å². The number of rotatable bonds is 13. The van der Waals surface area contributed by atoms with Gasteiger partial charge in [0.1, 0.15) is 6.04 Å². The van der Waals surface area contributed by atoms with Gasteiger partial charge in [-0.1, -0.05) is 61.2 Å². The van der Waals surface area contributed by atoms with Crippen molar-refractivity contribution in [3.63, 3.8) is 0 Å². The van der Waals surface area contributed by atoms with E-state index >= 15 is 0 Å². The maximum atomic E-state index is 13.8. The summed E-state index contributed by atoms with van der Waals surface area (Å²) < 4.78 is 14.1. The van der Waals surface area contributed by atoms with E-state index in [-0.39, 0.29) is 54.6 Å². The average molecular weight is 663 g/mol. The van der Waals surface area contributed by atoms with Crippen molar-refractivity contribution in [2.24, 2.45) is 33.9 Å². The zero-order valence-corrected chi connectivity index (χ0v) is 27.2. The largest absolute Gasteiger partial charge is 0.481 e. The zero-order chi connectivity index (χ0) is 31.5. The summed E-state index contributed by atoms with van der Waals surface area (Å²) in [5.74, 6) is -0.101. The summed E-state index contributed by atoms with van der Waals surface area (Å²) in [6, 6.07) is 6.55. The molecule has 0 radical (unpaired) electrons. The van der Waals surface area contributed by atoms with Crippen molar-refractivity contribution < 1.29 is 23.9 Å². The van der Waals surface area contributed by atoms with E-state index in [0.29, 0.717) is 24.7 Å². The SMILES string of the molecule is CC(C)C[C@H](NC(=O)[C@H](CCCN=C(N)N[N+](=O)[O-])NC(=O)Cc1ccc(Br)cc1)B1O[C@@H]2C[C@@H]3C[C@@H](C3(C)C)[C@]2(C)O1. The highest BCUT2D eigenvalue weighted by Crippen LogP contribution is 2.65. The Balaban J connectivity index is 1.45. The predicted octanol–water partition coefficient (Wildman–Crippen LogP) is 3.15. The molecule has 0 aromatic heterocycles. The number of guanidine groups is 1. The lowest BCUT2D eigenvalue weighted by molar-refractivity contribution is -0.525. The summed E-state index contributed by atoms with van der Waals surface area (Å²) in [5, 5.41) is 15.8. The van der Waals surface area contributed by atoms with Gasteiger partial charge in [0.25, 0.3) is 5.96 Å². The topological polar surface area (TPSA) is 170 Å². The minimum absolute atomic E-state index is 0.0154. The number of carbonyl (C=O) groups excluding carboxylic acids is 2. The molecule has 4 fully saturated rings. The third kappa shape index (κ3) is 7.88. The van der Waals surface area contributed by atoms with Crippen LogP contribution in [0.4, 0.5) is 0 Å².